The fourth-order valence-corrected chi connectivity index (χ4v) is 3.53. The molecule has 5 nitrogen and oxygen atoms in total. The normalized spacial score (nSPS) is 26.5. The van der Waals surface area contributed by atoms with E-state index in [0.29, 0.717) is 12.8 Å². The molecule has 134 valence electrons. The predicted octanol–water partition coefficient (Wildman–Crippen LogP) is 3.80. The topological polar surface area (TPSA) is 80.7 Å². The van der Waals surface area contributed by atoms with Crippen molar-refractivity contribution in [3.05, 3.63) is 11.3 Å². The van der Waals surface area contributed by atoms with Crippen LogP contribution in [0.2, 0.25) is 0 Å². The Labute approximate surface area is 143 Å². The quantitative estimate of drug-likeness (QED) is 0.367. The molecule has 1 aliphatic heterocycles. The second-order valence-electron chi connectivity index (χ2n) is 6.89. The molecule has 24 heavy (non-hydrogen) atoms. The van der Waals surface area contributed by atoms with Gasteiger partial charge in [-0.15, -0.1) is 0 Å². The van der Waals surface area contributed by atoms with Gasteiger partial charge in [-0.1, -0.05) is 44.9 Å². The minimum absolute atomic E-state index is 0.0836. The summed E-state index contributed by atoms with van der Waals surface area (Å²) in [5, 5.41) is 10.1. The molecule has 0 radical (unpaired) electrons. The summed E-state index contributed by atoms with van der Waals surface area (Å²) in [6, 6.07) is 0. The number of carbonyl (C=O) groups is 3. The summed E-state index contributed by atoms with van der Waals surface area (Å²) in [7, 11) is 0. The van der Waals surface area contributed by atoms with Crippen LogP contribution in [-0.4, -0.2) is 29.2 Å². The van der Waals surface area contributed by atoms with Crippen molar-refractivity contribution in [1.29, 1.82) is 0 Å². The molecule has 0 aromatic carbocycles. The molecule has 5 heteroatoms. The molecular formula is C19H28O5. The van der Waals surface area contributed by atoms with Crippen LogP contribution in [0.5, 0.6) is 0 Å². The Bertz CT molecular complexity index is 488. The number of esters is 1. The number of allylic oxidation sites excluding steroid dienone is 1. The van der Waals surface area contributed by atoms with Gasteiger partial charge in [-0.25, -0.2) is 4.79 Å². The van der Waals surface area contributed by atoms with Gasteiger partial charge in [-0.2, -0.15) is 0 Å². The molecule has 1 saturated heterocycles. The Kier molecular flexibility index (Phi) is 7.47. The van der Waals surface area contributed by atoms with Gasteiger partial charge in [0, 0.05) is 18.8 Å². The molecule has 0 aromatic rings. The summed E-state index contributed by atoms with van der Waals surface area (Å²) >= 11 is 0. The van der Waals surface area contributed by atoms with Crippen LogP contribution in [0.1, 0.15) is 77.0 Å². The van der Waals surface area contributed by atoms with E-state index in [1.165, 1.54) is 25.7 Å². The van der Waals surface area contributed by atoms with E-state index in [9.17, 15) is 19.5 Å². The number of aliphatic hydroxyl groups is 1. The van der Waals surface area contributed by atoms with Crippen LogP contribution in [0, 0.1) is 5.92 Å². The molecule has 1 unspecified atom stereocenters. The number of hydrogen-bond acceptors (Lipinski definition) is 5. The summed E-state index contributed by atoms with van der Waals surface area (Å²) in [5.74, 6) is -1.26. The Hall–Kier alpha value is -1.65. The molecule has 2 aliphatic rings. The first-order chi connectivity index (χ1) is 11.6. The van der Waals surface area contributed by atoms with Crippen LogP contribution >= 0.6 is 0 Å². The number of carbonyl (C=O) groups excluding carboxylic acids is 3. The maximum Gasteiger partial charge on any atom is 0.345 e. The van der Waals surface area contributed by atoms with E-state index in [2.05, 4.69) is 4.74 Å². The van der Waals surface area contributed by atoms with Gasteiger partial charge >= 0.3 is 5.97 Å². The highest BCUT2D eigenvalue weighted by Gasteiger charge is 2.32. The van der Waals surface area contributed by atoms with E-state index in [1.54, 1.807) is 0 Å². The van der Waals surface area contributed by atoms with Crippen molar-refractivity contribution in [2.75, 3.05) is 6.61 Å². The molecule has 0 amide bonds. The number of Topliss-reactive ketones (excluding diaryl/α,β-unsaturated/α-hetero) is 2. The molecule has 2 rings (SSSR count). The SMILES string of the molecule is O=C1COC(=O)/C1=C(/O)CCC1CCCCCCCCCCC1=O. The third-order valence-corrected chi connectivity index (χ3v) is 5.02. The number of ketones is 2. The maximum absolute atomic E-state index is 12.4. The van der Waals surface area contributed by atoms with Crippen molar-refractivity contribution in [3.63, 3.8) is 0 Å². The van der Waals surface area contributed by atoms with Crippen molar-refractivity contribution in [2.45, 2.75) is 77.0 Å². The third-order valence-electron chi connectivity index (χ3n) is 5.02. The molecule has 1 saturated carbocycles. The summed E-state index contributed by atoms with van der Waals surface area (Å²) in [5.41, 5.74) is -0.226. The van der Waals surface area contributed by atoms with Gasteiger partial charge in [0.1, 0.15) is 17.1 Å². The molecule has 1 N–H and O–H groups in total. The number of rotatable bonds is 3. The van der Waals surface area contributed by atoms with Crippen LogP contribution < -0.4 is 0 Å². The highest BCUT2D eigenvalue weighted by atomic mass is 16.5. The zero-order valence-corrected chi connectivity index (χ0v) is 14.3. The van der Waals surface area contributed by atoms with E-state index < -0.39 is 11.8 Å². The van der Waals surface area contributed by atoms with Gasteiger partial charge < -0.3 is 9.84 Å². The molecule has 0 spiro atoms. The summed E-state index contributed by atoms with van der Waals surface area (Å²) in [6.45, 7) is -0.291. The highest BCUT2D eigenvalue weighted by Crippen LogP contribution is 2.25. The number of cyclic esters (lactones) is 1. The summed E-state index contributed by atoms with van der Waals surface area (Å²) in [4.78, 5) is 35.5. The van der Waals surface area contributed by atoms with Crippen molar-refractivity contribution in [2.24, 2.45) is 5.92 Å². The van der Waals surface area contributed by atoms with E-state index >= 15 is 0 Å². The zero-order chi connectivity index (χ0) is 17.4. The van der Waals surface area contributed by atoms with Crippen LogP contribution in [0.25, 0.3) is 0 Å². The van der Waals surface area contributed by atoms with Crippen LogP contribution in [-0.2, 0) is 19.1 Å². The Morgan fingerprint density at radius 2 is 1.58 bits per heavy atom. The lowest BCUT2D eigenvalue weighted by Crippen LogP contribution is -2.16. The zero-order valence-electron chi connectivity index (χ0n) is 14.3. The average Bonchev–Trinajstić information content (AvgIpc) is 2.88. The fourth-order valence-electron chi connectivity index (χ4n) is 3.53. The van der Waals surface area contributed by atoms with E-state index in [1.807, 2.05) is 0 Å². The van der Waals surface area contributed by atoms with Crippen molar-refractivity contribution in [3.8, 4) is 0 Å². The van der Waals surface area contributed by atoms with Crippen LogP contribution in [0.15, 0.2) is 11.3 Å². The van der Waals surface area contributed by atoms with E-state index in [0.717, 1.165) is 32.1 Å². The molecule has 1 atom stereocenters. The second-order valence-corrected chi connectivity index (χ2v) is 6.89. The Balaban J connectivity index is 1.93. The van der Waals surface area contributed by atoms with Crippen LogP contribution in [0.4, 0.5) is 0 Å². The van der Waals surface area contributed by atoms with Gasteiger partial charge in [-0.05, 0) is 19.3 Å². The lowest BCUT2D eigenvalue weighted by atomic mass is 9.88. The first-order valence-electron chi connectivity index (χ1n) is 9.24. The van der Waals surface area contributed by atoms with Crippen LogP contribution in [0.3, 0.4) is 0 Å². The lowest BCUT2D eigenvalue weighted by molar-refractivity contribution is -0.135. The molecule has 1 aliphatic carbocycles. The van der Waals surface area contributed by atoms with Crippen molar-refractivity contribution >= 4 is 17.5 Å². The first-order valence-corrected chi connectivity index (χ1v) is 9.24. The van der Waals surface area contributed by atoms with Gasteiger partial charge in [-0.3, -0.25) is 9.59 Å². The van der Waals surface area contributed by atoms with Gasteiger partial charge in [0.2, 0.25) is 5.78 Å². The standard InChI is InChI=1S/C19H28O5/c20-15-10-8-6-4-2-1-3-5-7-9-14(15)11-12-16(21)18-17(22)13-24-19(18)23/h14,21H,1-13H2/b18-16+. The third kappa shape index (κ3) is 5.46. The van der Waals surface area contributed by atoms with Crippen molar-refractivity contribution in [1.82, 2.24) is 0 Å². The van der Waals surface area contributed by atoms with Gasteiger partial charge in [0.05, 0.1) is 0 Å². The van der Waals surface area contributed by atoms with Gasteiger partial charge in [0.15, 0.2) is 6.61 Å². The lowest BCUT2D eigenvalue weighted by Gasteiger charge is -2.17. The minimum Gasteiger partial charge on any atom is -0.511 e. The van der Waals surface area contributed by atoms with E-state index in [4.69, 9.17) is 0 Å². The number of aliphatic hydroxyl groups excluding tert-OH is 1. The summed E-state index contributed by atoms with van der Waals surface area (Å²) in [6.07, 6.45) is 11.3. The maximum atomic E-state index is 12.4. The summed E-state index contributed by atoms with van der Waals surface area (Å²) < 4.78 is 4.63. The highest BCUT2D eigenvalue weighted by molar-refractivity contribution is 6.22. The molecule has 1 heterocycles. The van der Waals surface area contributed by atoms with Crippen molar-refractivity contribution < 1.29 is 24.2 Å². The number of hydrogen-bond donors (Lipinski definition) is 1. The Morgan fingerprint density at radius 1 is 0.958 bits per heavy atom. The average molecular weight is 336 g/mol. The minimum atomic E-state index is -0.748. The molecule has 0 bridgehead atoms. The predicted molar refractivity (Wildman–Crippen MR) is 89.5 cm³/mol. The monoisotopic (exact) mass is 336 g/mol. The second kappa shape index (κ2) is 9.60. The largest absolute Gasteiger partial charge is 0.511 e. The van der Waals surface area contributed by atoms with E-state index in [-0.39, 0.29) is 36.1 Å². The fraction of sp³-hybridized carbons (Fsp3) is 0.737. The molecular weight excluding hydrogens is 308 g/mol. The smallest absolute Gasteiger partial charge is 0.345 e. The first kappa shape index (κ1) is 18.7. The molecule has 2 fully saturated rings. The number of ether oxygens (including phenoxy) is 1. The van der Waals surface area contributed by atoms with Gasteiger partial charge in [0.25, 0.3) is 0 Å². The Morgan fingerprint density at radius 3 is 2.21 bits per heavy atom. The molecule has 0 aromatic heterocycles.